The van der Waals surface area contributed by atoms with Gasteiger partial charge in [-0.2, -0.15) is 0 Å². The van der Waals surface area contributed by atoms with Crippen molar-refractivity contribution in [1.82, 2.24) is 4.98 Å². The van der Waals surface area contributed by atoms with Crippen LogP contribution in [-0.2, 0) is 4.79 Å². The molecular formula is C13H18N2O3S. The molecule has 0 aromatic carbocycles. The summed E-state index contributed by atoms with van der Waals surface area (Å²) in [4.78, 5) is 24.5. The maximum Gasteiger partial charge on any atom is 0.287 e. The third kappa shape index (κ3) is 8.10. The Labute approximate surface area is 117 Å². The molecular weight excluding hydrogens is 264 g/mol. The number of carbonyl (C=O) groups is 1. The van der Waals surface area contributed by atoms with Crippen molar-refractivity contribution in [2.75, 3.05) is 5.75 Å². The second-order valence-electron chi connectivity index (χ2n) is 3.26. The van der Waals surface area contributed by atoms with Crippen LogP contribution in [0.2, 0.25) is 0 Å². The number of thioether (sulfide) groups is 1. The van der Waals surface area contributed by atoms with Gasteiger partial charge >= 0.3 is 0 Å². The van der Waals surface area contributed by atoms with E-state index in [1.807, 2.05) is 13.8 Å². The van der Waals surface area contributed by atoms with Gasteiger partial charge in [-0.25, -0.2) is 4.98 Å². The number of ketones is 1. The normalized spacial score (nSPS) is 9.84. The van der Waals surface area contributed by atoms with Crippen molar-refractivity contribution in [3.05, 3.63) is 40.6 Å². The lowest BCUT2D eigenvalue weighted by Gasteiger charge is -1.97. The highest BCUT2D eigenvalue weighted by molar-refractivity contribution is 7.99. The van der Waals surface area contributed by atoms with Gasteiger partial charge in [0.05, 0.1) is 9.95 Å². The van der Waals surface area contributed by atoms with Gasteiger partial charge < -0.3 is 0 Å². The highest BCUT2D eigenvalue weighted by atomic mass is 32.2. The van der Waals surface area contributed by atoms with Crippen LogP contribution < -0.4 is 0 Å². The van der Waals surface area contributed by atoms with Crippen LogP contribution >= 0.6 is 11.8 Å². The summed E-state index contributed by atoms with van der Waals surface area (Å²) < 4.78 is 0. The lowest BCUT2D eigenvalue weighted by Crippen LogP contribution is -1.89. The molecule has 0 saturated heterocycles. The zero-order valence-corrected chi connectivity index (χ0v) is 12.1. The average Bonchev–Trinajstić information content (AvgIpc) is 2.41. The number of hydrogen-bond donors (Lipinski definition) is 0. The average molecular weight is 282 g/mol. The largest absolute Gasteiger partial charge is 0.295 e. The predicted octanol–water partition coefficient (Wildman–Crippen LogP) is 3.64. The second-order valence-corrected chi connectivity index (χ2v) is 4.38. The van der Waals surface area contributed by atoms with E-state index in [1.165, 1.54) is 37.0 Å². The molecule has 0 atom stereocenters. The van der Waals surface area contributed by atoms with Crippen molar-refractivity contribution >= 4 is 23.2 Å². The van der Waals surface area contributed by atoms with Crippen LogP contribution in [0.4, 0.5) is 5.69 Å². The first kappa shape index (κ1) is 17.3. The van der Waals surface area contributed by atoms with Gasteiger partial charge in [0.25, 0.3) is 5.69 Å². The highest BCUT2D eigenvalue weighted by Crippen LogP contribution is 2.18. The number of allylic oxidation sites excluding steroid dienone is 2. The molecule has 0 amide bonds. The van der Waals surface area contributed by atoms with Gasteiger partial charge in [-0.3, -0.25) is 14.9 Å². The molecule has 0 aliphatic rings. The Morgan fingerprint density at radius 1 is 1.47 bits per heavy atom. The van der Waals surface area contributed by atoms with Crippen molar-refractivity contribution < 1.29 is 9.72 Å². The quantitative estimate of drug-likeness (QED) is 0.262. The smallest absolute Gasteiger partial charge is 0.287 e. The molecule has 0 saturated carbocycles. The highest BCUT2D eigenvalue weighted by Gasteiger charge is 2.04. The lowest BCUT2D eigenvalue weighted by atomic mass is 10.3. The van der Waals surface area contributed by atoms with Gasteiger partial charge in [0.1, 0.15) is 6.20 Å². The molecule has 1 rings (SSSR count). The summed E-state index contributed by atoms with van der Waals surface area (Å²) in [6.45, 7) is 5.50. The van der Waals surface area contributed by atoms with Gasteiger partial charge in [-0.15, -0.1) is 11.8 Å². The van der Waals surface area contributed by atoms with Crippen LogP contribution in [0.25, 0.3) is 0 Å². The topological polar surface area (TPSA) is 73.1 Å². The summed E-state index contributed by atoms with van der Waals surface area (Å²) in [6, 6.07) is 3.05. The van der Waals surface area contributed by atoms with Crippen LogP contribution in [0.15, 0.2) is 35.5 Å². The number of pyridine rings is 1. The summed E-state index contributed by atoms with van der Waals surface area (Å²) in [5, 5.41) is 11.1. The fraction of sp³-hybridized carbons (Fsp3) is 0.385. The summed E-state index contributed by atoms with van der Waals surface area (Å²) in [6.07, 6.45) is 5.35. The molecule has 5 nitrogen and oxygen atoms in total. The van der Waals surface area contributed by atoms with E-state index >= 15 is 0 Å². The zero-order valence-electron chi connectivity index (χ0n) is 11.3. The van der Waals surface area contributed by atoms with Gasteiger partial charge in [0, 0.05) is 11.8 Å². The first-order chi connectivity index (χ1) is 9.09. The molecule has 0 aliphatic carbocycles. The van der Waals surface area contributed by atoms with Crippen LogP contribution in [-0.4, -0.2) is 21.4 Å². The number of nitro groups is 1. The van der Waals surface area contributed by atoms with Crippen molar-refractivity contribution in [2.45, 2.75) is 32.2 Å². The monoisotopic (exact) mass is 282 g/mol. The molecule has 104 valence electrons. The third-order valence-corrected chi connectivity index (χ3v) is 2.80. The van der Waals surface area contributed by atoms with E-state index < -0.39 is 4.92 Å². The Bertz CT molecular complexity index is 430. The standard InChI is InChI=1S/C11H12N2O3S.C2H6/c1-9(14)4-2-3-7-17-11-6-5-10(8-12-11)13(15)16;1-2/h2,4-6,8H,3,7H2,1H3;1-2H3/b4-2+;. The predicted molar refractivity (Wildman–Crippen MR) is 77.4 cm³/mol. The lowest BCUT2D eigenvalue weighted by molar-refractivity contribution is -0.385. The number of carbonyl (C=O) groups excluding carboxylic acids is 1. The second kappa shape index (κ2) is 10.3. The third-order valence-electron chi connectivity index (χ3n) is 1.82. The molecule has 6 heteroatoms. The van der Waals surface area contributed by atoms with E-state index in [0.717, 1.165) is 17.2 Å². The summed E-state index contributed by atoms with van der Waals surface area (Å²) in [5.74, 6) is 0.817. The van der Waals surface area contributed by atoms with Crippen LogP contribution in [0.1, 0.15) is 27.2 Å². The fourth-order valence-corrected chi connectivity index (χ4v) is 1.80. The van der Waals surface area contributed by atoms with Gasteiger partial charge in [0.2, 0.25) is 0 Å². The molecule has 1 aromatic heterocycles. The van der Waals surface area contributed by atoms with Crippen LogP contribution in [0.3, 0.4) is 0 Å². The van der Waals surface area contributed by atoms with E-state index in [0.29, 0.717) is 0 Å². The minimum absolute atomic E-state index is 0.00849. The van der Waals surface area contributed by atoms with Gasteiger partial charge in [-0.05, 0) is 25.5 Å². The molecule has 0 unspecified atom stereocenters. The SMILES string of the molecule is CC.CC(=O)/C=C/CCSc1ccc([N+](=O)[O-])cn1. The van der Waals surface area contributed by atoms with E-state index in [2.05, 4.69) is 4.98 Å². The molecule has 0 aliphatic heterocycles. The Balaban J connectivity index is 0.00000154. The summed E-state index contributed by atoms with van der Waals surface area (Å²) >= 11 is 1.50. The molecule has 0 radical (unpaired) electrons. The van der Waals surface area contributed by atoms with Crippen molar-refractivity contribution in [2.24, 2.45) is 0 Å². The number of hydrogen-bond acceptors (Lipinski definition) is 5. The Hall–Kier alpha value is -1.69. The molecule has 19 heavy (non-hydrogen) atoms. The maximum absolute atomic E-state index is 10.6. The number of aromatic nitrogens is 1. The van der Waals surface area contributed by atoms with Crippen molar-refractivity contribution in [3.8, 4) is 0 Å². The van der Waals surface area contributed by atoms with E-state index in [4.69, 9.17) is 0 Å². The molecule has 1 heterocycles. The first-order valence-corrected chi connectivity index (χ1v) is 6.98. The first-order valence-electron chi connectivity index (χ1n) is 6.00. The minimum Gasteiger partial charge on any atom is -0.295 e. The maximum atomic E-state index is 10.6. The van der Waals surface area contributed by atoms with Crippen molar-refractivity contribution in [3.63, 3.8) is 0 Å². The van der Waals surface area contributed by atoms with Crippen LogP contribution in [0.5, 0.6) is 0 Å². The number of rotatable bonds is 6. The van der Waals surface area contributed by atoms with E-state index in [9.17, 15) is 14.9 Å². The number of nitrogens with zero attached hydrogens (tertiary/aromatic N) is 2. The Morgan fingerprint density at radius 2 is 2.16 bits per heavy atom. The summed E-state index contributed by atoms with van der Waals surface area (Å²) in [7, 11) is 0. The van der Waals surface area contributed by atoms with Gasteiger partial charge in [-0.1, -0.05) is 19.9 Å². The van der Waals surface area contributed by atoms with E-state index in [1.54, 1.807) is 12.1 Å². The minimum atomic E-state index is -0.475. The van der Waals surface area contributed by atoms with E-state index in [-0.39, 0.29) is 11.5 Å². The Morgan fingerprint density at radius 3 is 2.63 bits per heavy atom. The molecule has 0 spiro atoms. The molecule has 0 fully saturated rings. The molecule has 0 N–H and O–H groups in total. The van der Waals surface area contributed by atoms with Crippen LogP contribution in [0, 0.1) is 10.1 Å². The fourth-order valence-electron chi connectivity index (χ4n) is 1.05. The zero-order chi connectivity index (χ0) is 14.7. The molecule has 1 aromatic rings. The summed E-state index contributed by atoms with van der Waals surface area (Å²) in [5.41, 5.74) is -0.00849. The van der Waals surface area contributed by atoms with Gasteiger partial charge in [0.15, 0.2) is 5.78 Å². The molecule has 0 bridgehead atoms. The Kier molecular flexibility index (Phi) is 9.34. The van der Waals surface area contributed by atoms with Crippen molar-refractivity contribution in [1.29, 1.82) is 0 Å².